The summed E-state index contributed by atoms with van der Waals surface area (Å²) in [6, 6.07) is 9.51. The minimum absolute atomic E-state index is 0.00866. The van der Waals surface area contributed by atoms with Gasteiger partial charge in [0.05, 0.1) is 4.90 Å². The molecule has 0 amide bonds. The lowest BCUT2D eigenvalue weighted by atomic mass is 9.94. The van der Waals surface area contributed by atoms with E-state index in [4.69, 9.17) is 0 Å². The summed E-state index contributed by atoms with van der Waals surface area (Å²) in [6.45, 7) is 4.49. The van der Waals surface area contributed by atoms with Crippen molar-refractivity contribution in [2.75, 3.05) is 0 Å². The van der Waals surface area contributed by atoms with E-state index in [1.165, 1.54) is 101 Å². The van der Waals surface area contributed by atoms with E-state index in [0.29, 0.717) is 0 Å². The van der Waals surface area contributed by atoms with Gasteiger partial charge in [-0.1, -0.05) is 109 Å². The van der Waals surface area contributed by atoms with Gasteiger partial charge in [0.1, 0.15) is 0 Å². The smallest absolute Gasteiger partial charge is 0.282 e. The van der Waals surface area contributed by atoms with Crippen LogP contribution in [0, 0.1) is 0 Å². The fourth-order valence-corrected chi connectivity index (χ4v) is 5.06. The van der Waals surface area contributed by atoms with Gasteiger partial charge in [0.25, 0.3) is 10.1 Å². The molecule has 0 spiro atoms. The zero-order chi connectivity index (χ0) is 23.2. The van der Waals surface area contributed by atoms with Crippen molar-refractivity contribution in [3.63, 3.8) is 0 Å². The van der Waals surface area contributed by atoms with Crippen LogP contribution in [0.1, 0.15) is 115 Å². The molecular formula is C28H44O3S. The van der Waals surface area contributed by atoms with Gasteiger partial charge in [0.15, 0.2) is 0 Å². The summed E-state index contributed by atoms with van der Waals surface area (Å²) in [5, 5.41) is 2.05. The fraction of sp³-hybridized carbons (Fsp3) is 0.643. The number of aryl methyl sites for hydroxylation is 2. The van der Waals surface area contributed by atoms with Crippen LogP contribution in [-0.2, 0) is 23.0 Å². The highest BCUT2D eigenvalue weighted by atomic mass is 32.2. The second-order valence-electron chi connectivity index (χ2n) is 9.36. The molecule has 32 heavy (non-hydrogen) atoms. The van der Waals surface area contributed by atoms with Crippen LogP contribution in [0.5, 0.6) is 0 Å². The standard InChI is InChI=1S/C28H44O3S/c1-3-5-7-9-11-13-15-17-24-21-25(18-16-14-12-10-8-6-4-2)28-23-27(32(29,30)31)20-19-26(28)22-24/h19-23H,3-18H2,1-2H3,(H,29,30,31). The van der Waals surface area contributed by atoms with Crippen molar-refractivity contribution < 1.29 is 13.0 Å². The average Bonchev–Trinajstić information content (AvgIpc) is 2.77. The highest BCUT2D eigenvalue weighted by Gasteiger charge is 2.12. The first-order chi connectivity index (χ1) is 15.5. The molecule has 0 bridgehead atoms. The predicted molar refractivity (Wildman–Crippen MR) is 137 cm³/mol. The van der Waals surface area contributed by atoms with Gasteiger partial charge in [-0.05, 0) is 59.7 Å². The van der Waals surface area contributed by atoms with Gasteiger partial charge in [-0.15, -0.1) is 0 Å². The van der Waals surface area contributed by atoms with Crippen LogP contribution >= 0.6 is 0 Å². The Hall–Kier alpha value is -1.39. The van der Waals surface area contributed by atoms with Gasteiger partial charge >= 0.3 is 0 Å². The van der Waals surface area contributed by atoms with Gasteiger partial charge in [0, 0.05) is 0 Å². The highest BCUT2D eigenvalue weighted by molar-refractivity contribution is 7.85. The van der Waals surface area contributed by atoms with E-state index in [2.05, 4.69) is 26.0 Å². The number of benzene rings is 2. The molecule has 0 saturated carbocycles. The van der Waals surface area contributed by atoms with Crippen LogP contribution in [0.3, 0.4) is 0 Å². The molecular weight excluding hydrogens is 416 g/mol. The Labute approximate surface area is 196 Å². The predicted octanol–water partition coefficient (Wildman–Crippen LogP) is 8.67. The van der Waals surface area contributed by atoms with E-state index in [1.807, 2.05) is 6.07 Å². The summed E-state index contributed by atoms with van der Waals surface area (Å²) < 4.78 is 32.8. The van der Waals surface area contributed by atoms with Crippen molar-refractivity contribution in [1.29, 1.82) is 0 Å². The number of hydrogen-bond donors (Lipinski definition) is 1. The first kappa shape index (κ1) is 26.9. The summed E-state index contributed by atoms with van der Waals surface area (Å²) in [5.41, 5.74) is 2.57. The molecule has 180 valence electrons. The van der Waals surface area contributed by atoms with Crippen LogP contribution in [0.2, 0.25) is 0 Å². The lowest BCUT2D eigenvalue weighted by Crippen LogP contribution is -1.99. The third kappa shape index (κ3) is 9.62. The minimum atomic E-state index is -4.19. The maximum Gasteiger partial charge on any atom is 0.294 e. The summed E-state index contributed by atoms with van der Waals surface area (Å²) >= 11 is 0. The van der Waals surface area contributed by atoms with E-state index in [-0.39, 0.29) is 4.90 Å². The Morgan fingerprint density at radius 1 is 0.656 bits per heavy atom. The number of hydrogen-bond acceptors (Lipinski definition) is 2. The van der Waals surface area contributed by atoms with Crippen LogP contribution in [-0.4, -0.2) is 13.0 Å². The Kier molecular flexibility index (Phi) is 12.3. The molecule has 0 aliphatic rings. The molecule has 0 atom stereocenters. The largest absolute Gasteiger partial charge is 0.294 e. The summed E-state index contributed by atoms with van der Waals surface area (Å²) in [5.74, 6) is 0. The maximum absolute atomic E-state index is 11.7. The van der Waals surface area contributed by atoms with Gasteiger partial charge in [-0.2, -0.15) is 8.42 Å². The lowest BCUT2D eigenvalue weighted by Gasteiger charge is -2.12. The van der Waals surface area contributed by atoms with Gasteiger partial charge in [-0.3, -0.25) is 4.55 Å². The summed E-state index contributed by atoms with van der Waals surface area (Å²) in [6.07, 6.45) is 20.0. The molecule has 0 unspecified atom stereocenters. The first-order valence-corrected chi connectivity index (χ1v) is 14.4. The van der Waals surface area contributed by atoms with Crippen LogP contribution in [0.25, 0.3) is 10.8 Å². The molecule has 0 aromatic heterocycles. The van der Waals surface area contributed by atoms with Crippen LogP contribution in [0.4, 0.5) is 0 Å². The molecule has 1 N–H and O–H groups in total. The number of unbranched alkanes of at least 4 members (excludes halogenated alkanes) is 12. The first-order valence-electron chi connectivity index (χ1n) is 13.0. The molecule has 4 heteroatoms. The monoisotopic (exact) mass is 460 g/mol. The topological polar surface area (TPSA) is 54.4 Å². The SMILES string of the molecule is CCCCCCCCCc1cc(CCCCCCCCC)c2cc(S(=O)(=O)O)ccc2c1. The molecule has 0 fully saturated rings. The van der Waals surface area contributed by atoms with Gasteiger partial charge < -0.3 is 0 Å². The Morgan fingerprint density at radius 2 is 1.19 bits per heavy atom. The quantitative estimate of drug-likeness (QED) is 0.190. The molecule has 0 aliphatic heterocycles. The molecule has 2 aromatic carbocycles. The van der Waals surface area contributed by atoms with E-state index in [0.717, 1.165) is 30.0 Å². The Balaban J connectivity index is 2.04. The van der Waals surface area contributed by atoms with Gasteiger partial charge in [-0.25, -0.2) is 0 Å². The molecule has 2 aromatic rings. The zero-order valence-corrected chi connectivity index (χ0v) is 21.2. The van der Waals surface area contributed by atoms with Crippen molar-refractivity contribution in [1.82, 2.24) is 0 Å². The summed E-state index contributed by atoms with van der Waals surface area (Å²) in [7, 11) is -4.19. The number of fused-ring (bicyclic) bond motifs is 1. The van der Waals surface area contributed by atoms with E-state index in [9.17, 15) is 13.0 Å². The Morgan fingerprint density at radius 3 is 1.75 bits per heavy atom. The lowest BCUT2D eigenvalue weighted by molar-refractivity contribution is 0.483. The number of rotatable bonds is 17. The minimum Gasteiger partial charge on any atom is -0.282 e. The Bertz CT molecular complexity index is 902. The van der Waals surface area contributed by atoms with E-state index in [1.54, 1.807) is 6.07 Å². The van der Waals surface area contributed by atoms with Crippen molar-refractivity contribution in [3.05, 3.63) is 41.5 Å². The molecule has 2 rings (SSSR count). The average molecular weight is 461 g/mol. The van der Waals surface area contributed by atoms with E-state index < -0.39 is 10.1 Å². The zero-order valence-electron chi connectivity index (χ0n) is 20.4. The normalized spacial score (nSPS) is 12.0. The third-order valence-electron chi connectivity index (χ3n) is 6.49. The fourth-order valence-electron chi connectivity index (χ4n) is 4.55. The summed E-state index contributed by atoms with van der Waals surface area (Å²) in [4.78, 5) is -0.00866. The molecule has 0 heterocycles. The maximum atomic E-state index is 11.7. The van der Waals surface area contributed by atoms with Crippen LogP contribution in [0.15, 0.2) is 35.2 Å². The second-order valence-corrected chi connectivity index (χ2v) is 10.8. The van der Waals surface area contributed by atoms with Crippen molar-refractivity contribution >= 4 is 20.9 Å². The van der Waals surface area contributed by atoms with Crippen LogP contribution < -0.4 is 0 Å². The molecule has 0 aliphatic carbocycles. The van der Waals surface area contributed by atoms with Crippen molar-refractivity contribution in [2.45, 2.75) is 121 Å². The van der Waals surface area contributed by atoms with Crippen molar-refractivity contribution in [2.24, 2.45) is 0 Å². The van der Waals surface area contributed by atoms with Gasteiger partial charge in [0.2, 0.25) is 0 Å². The second kappa shape index (κ2) is 14.7. The molecule has 3 nitrogen and oxygen atoms in total. The van der Waals surface area contributed by atoms with Crippen molar-refractivity contribution in [3.8, 4) is 0 Å². The van der Waals surface area contributed by atoms with E-state index >= 15 is 0 Å². The molecule has 0 radical (unpaired) electrons. The molecule has 0 saturated heterocycles. The third-order valence-corrected chi connectivity index (χ3v) is 7.34. The highest BCUT2D eigenvalue weighted by Crippen LogP contribution is 2.27.